The maximum atomic E-state index is 11.9. The van der Waals surface area contributed by atoms with Crippen molar-refractivity contribution in [3.05, 3.63) is 10.6 Å². The molecular formula is C11H18ClN3O2S. The Morgan fingerprint density at radius 3 is 2.94 bits per heavy atom. The van der Waals surface area contributed by atoms with Crippen molar-refractivity contribution < 1.29 is 9.53 Å². The Labute approximate surface area is 116 Å². The largest absolute Gasteiger partial charge is 0.380 e. The standard InChI is InChI=1S/C11H18ClN3O2S/c1-8(2)9-10(18-15-14-9)11(16)13-5-3-6-17-7-4-12/h8H,3-7H2,1-2H3,(H,13,16). The number of nitrogens with one attached hydrogen (secondary N) is 1. The van der Waals surface area contributed by atoms with Crippen LogP contribution in [0.2, 0.25) is 0 Å². The number of hydrogen-bond donors (Lipinski definition) is 1. The highest BCUT2D eigenvalue weighted by molar-refractivity contribution is 7.08. The van der Waals surface area contributed by atoms with Crippen LogP contribution in [0.5, 0.6) is 0 Å². The molecule has 0 radical (unpaired) electrons. The third-order valence-corrected chi connectivity index (χ3v) is 3.13. The minimum atomic E-state index is -0.106. The van der Waals surface area contributed by atoms with Crippen molar-refractivity contribution in [2.75, 3.05) is 25.6 Å². The number of carbonyl (C=O) groups is 1. The van der Waals surface area contributed by atoms with Crippen molar-refractivity contribution in [3.63, 3.8) is 0 Å². The Balaban J connectivity index is 2.30. The third-order valence-electron chi connectivity index (χ3n) is 2.24. The zero-order chi connectivity index (χ0) is 13.4. The van der Waals surface area contributed by atoms with E-state index >= 15 is 0 Å². The van der Waals surface area contributed by atoms with E-state index in [1.807, 2.05) is 13.8 Å². The van der Waals surface area contributed by atoms with Gasteiger partial charge < -0.3 is 10.1 Å². The van der Waals surface area contributed by atoms with Gasteiger partial charge in [0.25, 0.3) is 5.91 Å². The molecule has 0 aliphatic rings. The van der Waals surface area contributed by atoms with Gasteiger partial charge in [-0.1, -0.05) is 18.3 Å². The van der Waals surface area contributed by atoms with Crippen molar-refractivity contribution in [3.8, 4) is 0 Å². The van der Waals surface area contributed by atoms with Crippen molar-refractivity contribution in [1.82, 2.24) is 14.9 Å². The molecule has 18 heavy (non-hydrogen) atoms. The second-order valence-corrected chi connectivity index (χ2v) is 5.18. The first-order chi connectivity index (χ1) is 8.66. The van der Waals surface area contributed by atoms with Gasteiger partial charge in [-0.3, -0.25) is 4.79 Å². The number of amides is 1. The molecule has 0 saturated carbocycles. The second-order valence-electron chi connectivity index (χ2n) is 4.05. The van der Waals surface area contributed by atoms with Crippen LogP contribution in [-0.2, 0) is 4.74 Å². The maximum Gasteiger partial charge on any atom is 0.264 e. The van der Waals surface area contributed by atoms with Crippen LogP contribution in [0.3, 0.4) is 0 Å². The summed E-state index contributed by atoms with van der Waals surface area (Å²) in [6, 6.07) is 0. The van der Waals surface area contributed by atoms with E-state index in [2.05, 4.69) is 14.9 Å². The molecule has 0 aliphatic heterocycles. The molecule has 1 N–H and O–H groups in total. The molecule has 1 rings (SSSR count). The van der Waals surface area contributed by atoms with Crippen molar-refractivity contribution >= 4 is 29.0 Å². The van der Waals surface area contributed by atoms with Crippen LogP contribution in [0.25, 0.3) is 0 Å². The zero-order valence-corrected chi connectivity index (χ0v) is 12.2. The van der Waals surface area contributed by atoms with Crippen LogP contribution in [-0.4, -0.2) is 41.1 Å². The topological polar surface area (TPSA) is 64.1 Å². The predicted octanol–water partition coefficient (Wildman–Crippen LogP) is 2.04. The molecule has 1 heterocycles. The highest BCUT2D eigenvalue weighted by Gasteiger charge is 2.17. The molecule has 0 aliphatic carbocycles. The molecule has 0 atom stereocenters. The Hall–Kier alpha value is -0.720. The van der Waals surface area contributed by atoms with Gasteiger partial charge in [0.1, 0.15) is 4.88 Å². The SMILES string of the molecule is CC(C)c1nnsc1C(=O)NCCCOCCCl. The summed E-state index contributed by atoms with van der Waals surface area (Å²) in [4.78, 5) is 12.5. The average molecular weight is 292 g/mol. The first-order valence-corrected chi connectivity index (χ1v) is 7.21. The van der Waals surface area contributed by atoms with Gasteiger partial charge in [-0.05, 0) is 23.9 Å². The smallest absolute Gasteiger partial charge is 0.264 e. The Kier molecular flexibility index (Phi) is 7.15. The fraction of sp³-hybridized carbons (Fsp3) is 0.727. The number of hydrogen-bond acceptors (Lipinski definition) is 5. The number of nitrogens with zero attached hydrogens (tertiary/aromatic N) is 2. The molecule has 0 spiro atoms. The van der Waals surface area contributed by atoms with Crippen LogP contribution < -0.4 is 5.32 Å². The molecule has 0 saturated heterocycles. The van der Waals surface area contributed by atoms with Crippen molar-refractivity contribution in [2.45, 2.75) is 26.2 Å². The van der Waals surface area contributed by atoms with E-state index in [1.165, 1.54) is 0 Å². The summed E-state index contributed by atoms with van der Waals surface area (Å²) in [6.45, 7) is 5.72. The summed E-state index contributed by atoms with van der Waals surface area (Å²) in [6.07, 6.45) is 0.770. The molecule has 0 aromatic carbocycles. The maximum absolute atomic E-state index is 11.9. The summed E-state index contributed by atoms with van der Waals surface area (Å²) in [5, 5.41) is 6.81. The molecule has 102 valence electrons. The van der Waals surface area contributed by atoms with E-state index in [1.54, 1.807) is 0 Å². The van der Waals surface area contributed by atoms with Gasteiger partial charge in [0.2, 0.25) is 0 Å². The lowest BCUT2D eigenvalue weighted by Crippen LogP contribution is -2.25. The number of ether oxygens (including phenoxy) is 1. The molecule has 0 bridgehead atoms. The van der Waals surface area contributed by atoms with Gasteiger partial charge in [0.15, 0.2) is 0 Å². The lowest BCUT2D eigenvalue weighted by atomic mass is 10.1. The van der Waals surface area contributed by atoms with E-state index in [9.17, 15) is 4.79 Å². The Morgan fingerprint density at radius 2 is 2.28 bits per heavy atom. The lowest BCUT2D eigenvalue weighted by molar-refractivity contribution is 0.0947. The monoisotopic (exact) mass is 291 g/mol. The number of carbonyl (C=O) groups excluding carboxylic acids is 1. The summed E-state index contributed by atoms with van der Waals surface area (Å²) >= 11 is 6.61. The summed E-state index contributed by atoms with van der Waals surface area (Å²) in [7, 11) is 0. The molecule has 0 unspecified atom stereocenters. The van der Waals surface area contributed by atoms with Gasteiger partial charge in [0.05, 0.1) is 12.3 Å². The van der Waals surface area contributed by atoms with Crippen molar-refractivity contribution in [1.29, 1.82) is 0 Å². The van der Waals surface area contributed by atoms with Crippen LogP contribution in [0.4, 0.5) is 0 Å². The third kappa shape index (κ3) is 4.88. The number of halogens is 1. The fourth-order valence-corrected chi connectivity index (χ4v) is 2.19. The Morgan fingerprint density at radius 1 is 1.50 bits per heavy atom. The Bertz CT molecular complexity index is 371. The molecular weight excluding hydrogens is 274 g/mol. The zero-order valence-electron chi connectivity index (χ0n) is 10.6. The number of alkyl halides is 1. The van der Waals surface area contributed by atoms with Gasteiger partial charge >= 0.3 is 0 Å². The number of rotatable bonds is 8. The van der Waals surface area contributed by atoms with E-state index in [0.29, 0.717) is 30.5 Å². The quantitative estimate of drug-likeness (QED) is 0.588. The first kappa shape index (κ1) is 15.3. The van der Waals surface area contributed by atoms with Crippen LogP contribution in [0.1, 0.15) is 41.6 Å². The molecule has 1 aromatic heterocycles. The second kappa shape index (κ2) is 8.39. The van der Waals surface area contributed by atoms with Crippen LogP contribution >= 0.6 is 23.1 Å². The van der Waals surface area contributed by atoms with Crippen molar-refractivity contribution in [2.24, 2.45) is 0 Å². The molecule has 1 amide bonds. The van der Waals surface area contributed by atoms with E-state index in [-0.39, 0.29) is 11.8 Å². The van der Waals surface area contributed by atoms with Crippen LogP contribution in [0, 0.1) is 0 Å². The predicted molar refractivity (Wildman–Crippen MR) is 72.5 cm³/mol. The fourth-order valence-electron chi connectivity index (χ4n) is 1.35. The van der Waals surface area contributed by atoms with Gasteiger partial charge in [-0.15, -0.1) is 16.7 Å². The average Bonchev–Trinajstić information content (AvgIpc) is 2.82. The molecule has 1 aromatic rings. The highest BCUT2D eigenvalue weighted by Crippen LogP contribution is 2.19. The molecule has 7 heteroatoms. The van der Waals surface area contributed by atoms with Gasteiger partial charge in [-0.2, -0.15) is 0 Å². The van der Waals surface area contributed by atoms with E-state index in [4.69, 9.17) is 16.3 Å². The summed E-state index contributed by atoms with van der Waals surface area (Å²) in [5.41, 5.74) is 0.760. The minimum absolute atomic E-state index is 0.106. The molecule has 0 fully saturated rings. The highest BCUT2D eigenvalue weighted by atomic mass is 35.5. The van der Waals surface area contributed by atoms with E-state index < -0.39 is 0 Å². The normalized spacial score (nSPS) is 10.9. The summed E-state index contributed by atoms with van der Waals surface area (Å²) in [5.74, 6) is 0.596. The van der Waals surface area contributed by atoms with Crippen LogP contribution in [0.15, 0.2) is 0 Å². The first-order valence-electron chi connectivity index (χ1n) is 5.91. The minimum Gasteiger partial charge on any atom is -0.380 e. The molecule has 5 nitrogen and oxygen atoms in total. The number of aromatic nitrogens is 2. The lowest BCUT2D eigenvalue weighted by Gasteiger charge is -2.06. The van der Waals surface area contributed by atoms with E-state index in [0.717, 1.165) is 23.6 Å². The van der Waals surface area contributed by atoms with Gasteiger partial charge in [0, 0.05) is 19.0 Å². The summed E-state index contributed by atoms with van der Waals surface area (Å²) < 4.78 is 9.04. The van der Waals surface area contributed by atoms with Gasteiger partial charge in [-0.25, -0.2) is 0 Å².